The average molecular weight is 373 g/mol. The lowest BCUT2D eigenvalue weighted by Gasteiger charge is -2.14. The Hall–Kier alpha value is -3.44. The number of fused-ring (bicyclic) bond motifs is 3. The molecule has 0 radical (unpaired) electrons. The molecule has 0 unspecified atom stereocenters. The Morgan fingerprint density at radius 2 is 1.54 bits per heavy atom. The molecule has 0 aromatic heterocycles. The number of carboxylic acids is 1. The number of carbonyl (C=O) groups is 2. The van der Waals surface area contributed by atoms with E-state index in [2.05, 4.69) is 24.3 Å². The summed E-state index contributed by atoms with van der Waals surface area (Å²) in [6, 6.07) is 20.6. The first-order valence-corrected chi connectivity index (χ1v) is 9.01. The van der Waals surface area contributed by atoms with Gasteiger partial charge in [-0.15, -0.1) is 0 Å². The average Bonchev–Trinajstić information content (AvgIpc) is 3.05. The maximum atomic E-state index is 12.6. The van der Waals surface area contributed by atoms with Crippen LogP contribution in [0.25, 0.3) is 11.1 Å². The van der Waals surface area contributed by atoms with E-state index in [9.17, 15) is 14.7 Å². The summed E-state index contributed by atoms with van der Waals surface area (Å²) >= 11 is 0. The molecular formula is C23H19NO4. The van der Waals surface area contributed by atoms with E-state index in [1.165, 1.54) is 18.2 Å². The van der Waals surface area contributed by atoms with E-state index in [1.54, 1.807) is 0 Å². The number of nitrogens with two attached hydrogens (primary N) is 1. The lowest BCUT2D eigenvalue weighted by atomic mass is 9.98. The number of rotatable bonds is 5. The molecule has 0 heterocycles. The van der Waals surface area contributed by atoms with E-state index < -0.39 is 11.9 Å². The van der Waals surface area contributed by atoms with Crippen molar-refractivity contribution in [1.29, 1.82) is 0 Å². The van der Waals surface area contributed by atoms with Crippen molar-refractivity contribution in [3.63, 3.8) is 0 Å². The minimum Gasteiger partial charge on any atom is -0.478 e. The van der Waals surface area contributed by atoms with Crippen LogP contribution in [0.3, 0.4) is 0 Å². The molecule has 140 valence electrons. The maximum absolute atomic E-state index is 12.6. The van der Waals surface area contributed by atoms with E-state index in [4.69, 9.17) is 10.5 Å². The molecule has 1 aliphatic carbocycles. The predicted octanol–water partition coefficient (Wildman–Crippen LogP) is 3.81. The molecule has 0 spiro atoms. The topological polar surface area (TPSA) is 89.6 Å². The first-order valence-electron chi connectivity index (χ1n) is 9.01. The molecule has 3 aromatic carbocycles. The van der Waals surface area contributed by atoms with Crippen molar-refractivity contribution < 1.29 is 19.4 Å². The molecule has 28 heavy (non-hydrogen) atoms. The summed E-state index contributed by atoms with van der Waals surface area (Å²) in [7, 11) is 0. The molecule has 0 bridgehead atoms. The van der Waals surface area contributed by atoms with Crippen molar-refractivity contribution in [2.24, 2.45) is 5.73 Å². The largest absolute Gasteiger partial charge is 0.478 e. The van der Waals surface area contributed by atoms with Crippen molar-refractivity contribution in [1.82, 2.24) is 0 Å². The second kappa shape index (κ2) is 7.29. The van der Waals surface area contributed by atoms with Crippen LogP contribution in [0.15, 0.2) is 66.7 Å². The number of benzene rings is 3. The standard InChI is InChI=1S/C23H19NO4/c24-12-15-11-14(9-10-16(15)22(25)26)23(27)28-13-21-19-7-3-1-5-17(19)18-6-2-4-8-20(18)21/h1-11,21H,12-13,24H2,(H,25,26). The summed E-state index contributed by atoms with van der Waals surface area (Å²) in [5.41, 5.74) is 11.0. The van der Waals surface area contributed by atoms with E-state index in [0.29, 0.717) is 11.1 Å². The molecule has 0 saturated heterocycles. The fourth-order valence-electron chi connectivity index (χ4n) is 3.78. The minimum atomic E-state index is -1.07. The van der Waals surface area contributed by atoms with Gasteiger partial charge < -0.3 is 15.6 Å². The molecular weight excluding hydrogens is 354 g/mol. The highest BCUT2D eigenvalue weighted by molar-refractivity contribution is 5.94. The number of hydrogen-bond acceptors (Lipinski definition) is 4. The Bertz CT molecular complexity index is 1030. The van der Waals surface area contributed by atoms with Crippen molar-refractivity contribution in [3.8, 4) is 11.1 Å². The number of hydrogen-bond donors (Lipinski definition) is 2. The predicted molar refractivity (Wildman–Crippen MR) is 105 cm³/mol. The molecule has 0 fully saturated rings. The van der Waals surface area contributed by atoms with Gasteiger partial charge in [0.2, 0.25) is 0 Å². The molecule has 3 N–H and O–H groups in total. The van der Waals surface area contributed by atoms with E-state index in [-0.39, 0.29) is 24.6 Å². The van der Waals surface area contributed by atoms with Crippen molar-refractivity contribution in [2.75, 3.05) is 6.61 Å². The van der Waals surface area contributed by atoms with Gasteiger partial charge in [0.1, 0.15) is 6.61 Å². The zero-order chi connectivity index (χ0) is 19.7. The van der Waals surface area contributed by atoms with Crippen molar-refractivity contribution in [3.05, 3.63) is 94.5 Å². The van der Waals surface area contributed by atoms with E-state index in [0.717, 1.165) is 22.3 Å². The van der Waals surface area contributed by atoms with Crippen LogP contribution < -0.4 is 5.73 Å². The quantitative estimate of drug-likeness (QED) is 0.664. The zero-order valence-corrected chi connectivity index (χ0v) is 15.1. The van der Waals surface area contributed by atoms with Crippen LogP contribution in [0.2, 0.25) is 0 Å². The smallest absolute Gasteiger partial charge is 0.338 e. The number of carboxylic acid groups (broad SMARTS) is 1. The van der Waals surface area contributed by atoms with Crippen LogP contribution in [-0.4, -0.2) is 23.7 Å². The summed E-state index contributed by atoms with van der Waals surface area (Å²) in [6.45, 7) is 0.248. The molecule has 0 atom stereocenters. The number of aromatic carboxylic acids is 1. The Morgan fingerprint density at radius 3 is 2.11 bits per heavy atom. The zero-order valence-electron chi connectivity index (χ0n) is 15.1. The highest BCUT2D eigenvalue weighted by Crippen LogP contribution is 2.44. The first kappa shape index (κ1) is 17.9. The van der Waals surface area contributed by atoms with Gasteiger partial charge in [-0.25, -0.2) is 9.59 Å². The Kier molecular flexibility index (Phi) is 4.67. The van der Waals surface area contributed by atoms with Gasteiger partial charge in [0, 0.05) is 12.5 Å². The van der Waals surface area contributed by atoms with Crippen LogP contribution >= 0.6 is 0 Å². The normalized spacial score (nSPS) is 12.3. The number of carbonyl (C=O) groups excluding carboxylic acids is 1. The van der Waals surface area contributed by atoms with Crippen molar-refractivity contribution in [2.45, 2.75) is 12.5 Å². The fraction of sp³-hybridized carbons (Fsp3) is 0.130. The molecule has 0 aliphatic heterocycles. The Morgan fingerprint density at radius 1 is 0.929 bits per heavy atom. The molecule has 5 nitrogen and oxygen atoms in total. The van der Waals surface area contributed by atoms with Crippen LogP contribution in [0.5, 0.6) is 0 Å². The van der Waals surface area contributed by atoms with Crippen molar-refractivity contribution >= 4 is 11.9 Å². The Labute approximate surface area is 162 Å². The van der Waals surface area contributed by atoms with Gasteiger partial charge in [-0.1, -0.05) is 48.5 Å². The summed E-state index contributed by atoms with van der Waals surface area (Å²) in [6.07, 6.45) is 0. The first-order chi connectivity index (χ1) is 13.6. The third-order valence-corrected chi connectivity index (χ3v) is 5.13. The van der Waals surface area contributed by atoms with Crippen LogP contribution in [0, 0.1) is 0 Å². The fourth-order valence-corrected chi connectivity index (χ4v) is 3.78. The number of esters is 1. The molecule has 5 heteroatoms. The molecule has 0 saturated carbocycles. The summed E-state index contributed by atoms with van der Waals surface area (Å²) in [4.78, 5) is 23.8. The van der Waals surface area contributed by atoms with Gasteiger partial charge in [0.05, 0.1) is 11.1 Å². The highest BCUT2D eigenvalue weighted by atomic mass is 16.5. The number of ether oxygens (including phenoxy) is 1. The lowest BCUT2D eigenvalue weighted by molar-refractivity contribution is 0.0492. The maximum Gasteiger partial charge on any atom is 0.338 e. The minimum absolute atomic E-state index is 0.0244. The van der Waals surface area contributed by atoms with Gasteiger partial charge in [0.25, 0.3) is 0 Å². The summed E-state index contributed by atoms with van der Waals surface area (Å²) in [5.74, 6) is -1.59. The second-order valence-corrected chi connectivity index (χ2v) is 6.71. The second-order valence-electron chi connectivity index (χ2n) is 6.71. The molecule has 1 aliphatic rings. The summed E-state index contributed by atoms with van der Waals surface area (Å²) in [5, 5.41) is 9.19. The third-order valence-electron chi connectivity index (χ3n) is 5.13. The Balaban J connectivity index is 1.57. The monoisotopic (exact) mass is 373 g/mol. The molecule has 3 aromatic rings. The van der Waals surface area contributed by atoms with Gasteiger partial charge in [-0.2, -0.15) is 0 Å². The van der Waals surface area contributed by atoms with Gasteiger partial charge in [-0.3, -0.25) is 0 Å². The molecule has 4 rings (SSSR count). The van der Waals surface area contributed by atoms with Gasteiger partial charge in [-0.05, 0) is 46.0 Å². The van der Waals surface area contributed by atoms with Crippen LogP contribution in [0.1, 0.15) is 43.3 Å². The van der Waals surface area contributed by atoms with Crippen LogP contribution in [0.4, 0.5) is 0 Å². The summed E-state index contributed by atoms with van der Waals surface area (Å²) < 4.78 is 5.60. The lowest BCUT2D eigenvalue weighted by Crippen LogP contribution is -2.14. The third kappa shape index (κ3) is 3.06. The van der Waals surface area contributed by atoms with E-state index >= 15 is 0 Å². The SMILES string of the molecule is NCc1cc(C(=O)OCC2c3ccccc3-c3ccccc32)ccc1C(=O)O. The highest BCUT2D eigenvalue weighted by Gasteiger charge is 2.29. The molecule has 0 amide bonds. The van der Waals surface area contributed by atoms with E-state index in [1.807, 2.05) is 24.3 Å². The van der Waals surface area contributed by atoms with Gasteiger partial charge >= 0.3 is 11.9 Å². The van der Waals surface area contributed by atoms with Crippen LogP contribution in [-0.2, 0) is 11.3 Å². The van der Waals surface area contributed by atoms with Gasteiger partial charge in [0.15, 0.2) is 0 Å².